The van der Waals surface area contributed by atoms with Crippen molar-refractivity contribution in [1.29, 1.82) is 5.26 Å². The van der Waals surface area contributed by atoms with E-state index in [1.807, 2.05) is 24.3 Å². The lowest BCUT2D eigenvalue weighted by Gasteiger charge is -2.04. The fourth-order valence-corrected chi connectivity index (χ4v) is 2.56. The van der Waals surface area contributed by atoms with Gasteiger partial charge in [-0.2, -0.15) is 5.26 Å². The molecule has 0 bridgehead atoms. The van der Waals surface area contributed by atoms with Gasteiger partial charge in [-0.05, 0) is 17.7 Å². The summed E-state index contributed by atoms with van der Waals surface area (Å²) in [4.78, 5) is 24.4. The number of Topliss-reactive ketones (excluding diaryl/α,β-unsaturated/α-hetero) is 2. The average Bonchev–Trinajstić information content (AvgIpc) is 2.82. The molecule has 0 unspecified atom stereocenters. The SMILES string of the molecule is N#CCc1ccc(NCC=C2C(=O)c3ccccc3C2=O)cc1. The van der Waals surface area contributed by atoms with Gasteiger partial charge in [0.05, 0.1) is 18.1 Å². The first kappa shape index (κ1) is 14.7. The molecule has 0 amide bonds. The number of rotatable bonds is 4. The number of hydrogen-bond acceptors (Lipinski definition) is 4. The molecule has 112 valence electrons. The van der Waals surface area contributed by atoms with E-state index < -0.39 is 0 Å². The minimum absolute atomic E-state index is 0.211. The van der Waals surface area contributed by atoms with E-state index >= 15 is 0 Å². The van der Waals surface area contributed by atoms with Crippen molar-refractivity contribution in [1.82, 2.24) is 0 Å². The second-order valence-corrected chi connectivity index (χ2v) is 5.23. The summed E-state index contributed by atoms with van der Waals surface area (Å²) >= 11 is 0. The van der Waals surface area contributed by atoms with Crippen molar-refractivity contribution in [3.8, 4) is 6.07 Å². The molecule has 1 N–H and O–H groups in total. The molecule has 1 aliphatic carbocycles. The molecule has 2 aromatic carbocycles. The molecule has 0 aromatic heterocycles. The fraction of sp³-hybridized carbons (Fsp3) is 0.105. The largest absolute Gasteiger partial charge is 0.382 e. The molecule has 0 saturated carbocycles. The monoisotopic (exact) mass is 302 g/mol. The molecule has 23 heavy (non-hydrogen) atoms. The number of fused-ring (bicyclic) bond motifs is 1. The van der Waals surface area contributed by atoms with Gasteiger partial charge < -0.3 is 5.32 Å². The van der Waals surface area contributed by atoms with Gasteiger partial charge in [-0.25, -0.2) is 0 Å². The Morgan fingerprint density at radius 3 is 2.13 bits per heavy atom. The van der Waals surface area contributed by atoms with Crippen LogP contribution >= 0.6 is 0 Å². The Bertz CT molecular complexity index is 805. The summed E-state index contributed by atoms with van der Waals surface area (Å²) in [6.07, 6.45) is 2.01. The highest BCUT2D eigenvalue weighted by Gasteiger charge is 2.32. The molecule has 4 nitrogen and oxygen atoms in total. The lowest BCUT2D eigenvalue weighted by Crippen LogP contribution is -2.06. The smallest absolute Gasteiger partial charge is 0.197 e. The third kappa shape index (κ3) is 2.90. The van der Waals surface area contributed by atoms with Crippen LogP contribution in [0.4, 0.5) is 5.69 Å². The summed E-state index contributed by atoms with van der Waals surface area (Å²) in [5.41, 5.74) is 3.00. The lowest BCUT2D eigenvalue weighted by atomic mass is 10.1. The molecular formula is C19H14N2O2. The molecule has 0 spiro atoms. The van der Waals surface area contributed by atoms with Crippen molar-refractivity contribution in [3.63, 3.8) is 0 Å². The van der Waals surface area contributed by atoms with Crippen LogP contribution in [0.25, 0.3) is 0 Å². The van der Waals surface area contributed by atoms with Gasteiger partial charge in [-0.15, -0.1) is 0 Å². The topological polar surface area (TPSA) is 70.0 Å². The molecule has 1 aliphatic rings. The van der Waals surface area contributed by atoms with Crippen molar-refractivity contribution in [2.24, 2.45) is 0 Å². The molecule has 3 rings (SSSR count). The summed E-state index contributed by atoms with van der Waals surface area (Å²) in [7, 11) is 0. The van der Waals surface area contributed by atoms with Crippen molar-refractivity contribution in [3.05, 3.63) is 76.9 Å². The molecule has 4 heteroatoms. The third-order valence-corrected chi connectivity index (χ3v) is 3.76. The zero-order valence-electron chi connectivity index (χ0n) is 12.4. The van der Waals surface area contributed by atoms with Gasteiger partial charge >= 0.3 is 0 Å². The van der Waals surface area contributed by atoms with Gasteiger partial charge in [0.1, 0.15) is 0 Å². The van der Waals surface area contributed by atoms with E-state index in [9.17, 15) is 9.59 Å². The Balaban J connectivity index is 1.69. The van der Waals surface area contributed by atoms with Gasteiger partial charge in [-0.1, -0.05) is 42.5 Å². The summed E-state index contributed by atoms with van der Waals surface area (Å²) in [5, 5.41) is 11.8. The molecule has 0 aliphatic heterocycles. The number of carbonyl (C=O) groups excluding carboxylic acids is 2. The number of allylic oxidation sites excluding steroid dienone is 1. The highest BCUT2D eigenvalue weighted by atomic mass is 16.2. The number of nitrogens with zero attached hydrogens (tertiary/aromatic N) is 1. The molecule has 0 radical (unpaired) electrons. The van der Waals surface area contributed by atoms with Crippen LogP contribution in [0, 0.1) is 11.3 Å². The standard InChI is InChI=1S/C19H14N2O2/c20-11-9-13-5-7-14(8-6-13)21-12-10-17-18(22)15-3-1-2-4-16(15)19(17)23/h1-8,10,21H,9,12H2. The van der Waals surface area contributed by atoms with Crippen molar-refractivity contribution in [2.45, 2.75) is 6.42 Å². The number of hydrogen-bond donors (Lipinski definition) is 1. The number of carbonyl (C=O) groups is 2. The first-order valence-electron chi connectivity index (χ1n) is 7.29. The molecule has 0 heterocycles. The normalized spacial score (nSPS) is 12.7. The Hall–Kier alpha value is -3.19. The second-order valence-electron chi connectivity index (χ2n) is 5.23. The number of nitrogens with one attached hydrogen (secondary N) is 1. The summed E-state index contributed by atoms with van der Waals surface area (Å²) in [5.74, 6) is -0.423. The first-order valence-corrected chi connectivity index (χ1v) is 7.29. The van der Waals surface area contributed by atoms with E-state index in [4.69, 9.17) is 5.26 Å². The van der Waals surface area contributed by atoms with Crippen LogP contribution in [-0.2, 0) is 6.42 Å². The second kappa shape index (κ2) is 6.29. The van der Waals surface area contributed by atoms with E-state index in [1.54, 1.807) is 30.3 Å². The Morgan fingerprint density at radius 1 is 0.957 bits per heavy atom. The summed E-state index contributed by atoms with van der Waals surface area (Å²) < 4.78 is 0. The molecular weight excluding hydrogens is 288 g/mol. The van der Waals surface area contributed by atoms with Gasteiger partial charge in [0.2, 0.25) is 0 Å². The van der Waals surface area contributed by atoms with Crippen LogP contribution in [-0.4, -0.2) is 18.1 Å². The highest BCUT2D eigenvalue weighted by molar-refractivity contribution is 6.39. The molecule has 0 fully saturated rings. The maximum Gasteiger partial charge on any atom is 0.197 e. The lowest BCUT2D eigenvalue weighted by molar-refractivity contribution is 0.0988. The Morgan fingerprint density at radius 2 is 1.57 bits per heavy atom. The van der Waals surface area contributed by atoms with Crippen LogP contribution in [0.5, 0.6) is 0 Å². The van der Waals surface area contributed by atoms with E-state index in [1.165, 1.54) is 0 Å². The molecule has 0 saturated heterocycles. The quantitative estimate of drug-likeness (QED) is 0.695. The van der Waals surface area contributed by atoms with Crippen LogP contribution in [0.3, 0.4) is 0 Å². The van der Waals surface area contributed by atoms with Gasteiger partial charge in [0.25, 0.3) is 0 Å². The predicted octanol–water partition coefficient (Wildman–Crippen LogP) is 3.17. The molecule has 2 aromatic rings. The number of anilines is 1. The molecule has 0 atom stereocenters. The predicted molar refractivity (Wildman–Crippen MR) is 87.4 cm³/mol. The van der Waals surface area contributed by atoms with Crippen LogP contribution in [0.2, 0.25) is 0 Å². The maximum absolute atomic E-state index is 12.2. The van der Waals surface area contributed by atoms with E-state index in [2.05, 4.69) is 11.4 Å². The first-order chi connectivity index (χ1) is 11.2. The maximum atomic E-state index is 12.2. The third-order valence-electron chi connectivity index (χ3n) is 3.76. The van der Waals surface area contributed by atoms with Crippen LogP contribution in [0.15, 0.2) is 60.2 Å². The number of benzene rings is 2. The number of ketones is 2. The van der Waals surface area contributed by atoms with Gasteiger partial charge in [0.15, 0.2) is 11.6 Å². The van der Waals surface area contributed by atoms with E-state index in [0.717, 1.165) is 11.3 Å². The van der Waals surface area contributed by atoms with Crippen molar-refractivity contribution >= 4 is 17.3 Å². The minimum Gasteiger partial charge on any atom is -0.382 e. The van der Waals surface area contributed by atoms with E-state index in [-0.39, 0.29) is 17.1 Å². The Kier molecular flexibility index (Phi) is 4.03. The van der Waals surface area contributed by atoms with Crippen molar-refractivity contribution < 1.29 is 9.59 Å². The van der Waals surface area contributed by atoms with Gasteiger partial charge in [0, 0.05) is 23.4 Å². The summed E-state index contributed by atoms with van der Waals surface area (Å²) in [6, 6.07) is 16.5. The zero-order chi connectivity index (χ0) is 16.2. The summed E-state index contributed by atoms with van der Waals surface area (Å²) in [6.45, 7) is 0.387. The number of nitriles is 1. The average molecular weight is 302 g/mol. The van der Waals surface area contributed by atoms with Crippen molar-refractivity contribution in [2.75, 3.05) is 11.9 Å². The Labute approximate surface area is 134 Å². The highest BCUT2D eigenvalue weighted by Crippen LogP contribution is 2.25. The van der Waals surface area contributed by atoms with Crippen LogP contribution in [0.1, 0.15) is 26.3 Å². The van der Waals surface area contributed by atoms with Gasteiger partial charge in [-0.3, -0.25) is 9.59 Å². The zero-order valence-corrected chi connectivity index (χ0v) is 12.4. The van der Waals surface area contributed by atoms with E-state index in [0.29, 0.717) is 24.1 Å². The minimum atomic E-state index is -0.211. The fourth-order valence-electron chi connectivity index (χ4n) is 2.56. The van der Waals surface area contributed by atoms with Crippen LogP contribution < -0.4 is 5.32 Å².